The van der Waals surface area contributed by atoms with Gasteiger partial charge in [-0.15, -0.1) is 0 Å². The number of nitrogens with one attached hydrogen (secondary N) is 1. The number of thiol groups is 2. The summed E-state index contributed by atoms with van der Waals surface area (Å²) < 4.78 is 79.3. The van der Waals surface area contributed by atoms with Gasteiger partial charge >= 0.3 is 13.6 Å². The molecule has 18 nitrogen and oxygen atoms in total. The van der Waals surface area contributed by atoms with Gasteiger partial charge < -0.3 is 29.9 Å². The molecule has 0 amide bonds. The lowest BCUT2D eigenvalue weighted by atomic mass is 10.1. The minimum absolute atomic E-state index is 0.00318. The molecule has 10 atom stereocenters. The fourth-order valence-corrected chi connectivity index (χ4v) is 8.59. The van der Waals surface area contributed by atoms with E-state index in [4.69, 9.17) is 44.9 Å². The number of aliphatic hydroxyl groups is 1. The molecule has 24 heteroatoms. The molecule has 7 rings (SSSR count). The zero-order valence-corrected chi connectivity index (χ0v) is 26.6. The highest BCUT2D eigenvalue weighted by molar-refractivity contribution is 8.44. The summed E-state index contributed by atoms with van der Waals surface area (Å²) in [7, 11) is 0. The Labute approximate surface area is 266 Å². The van der Waals surface area contributed by atoms with Crippen LogP contribution in [0, 0.1) is 0 Å². The van der Waals surface area contributed by atoms with Crippen LogP contribution < -0.4 is 11.3 Å². The normalized spacial score (nSPS) is 37.7. The van der Waals surface area contributed by atoms with Gasteiger partial charge in [-0.3, -0.25) is 27.5 Å². The largest absolute Gasteiger partial charge is 0.387 e. The van der Waals surface area contributed by atoms with Crippen LogP contribution in [0.4, 0.5) is 10.2 Å². The molecule has 0 spiro atoms. The van der Waals surface area contributed by atoms with E-state index in [-0.39, 0.29) is 33.0 Å². The number of imidazole rings is 1. The zero-order chi connectivity index (χ0) is 31.8. The minimum Gasteiger partial charge on any atom is -0.387 e. The molecule has 3 unspecified atom stereocenters. The minimum atomic E-state index is -4.41. The Morgan fingerprint density at radius 1 is 1.00 bits per heavy atom. The predicted molar refractivity (Wildman–Crippen MR) is 159 cm³/mol. The third-order valence-corrected chi connectivity index (χ3v) is 10.9. The van der Waals surface area contributed by atoms with E-state index in [1.165, 1.54) is 21.7 Å². The van der Waals surface area contributed by atoms with Crippen molar-refractivity contribution in [1.82, 2.24) is 34.1 Å². The standard InChI is InChI=1S/C21H22ClFN8O10P2S2/c22-7-1-30(17-10(7)19(33)28-5-26-17)21-15-13(32)8(38-21)2-36-42(34,44)40-14-9(3-37-43(35,45)41-15)39-20(11(14)23)31-6-29-12-16(24)25-4-27-18(12)31/h1,4-6,8-9,11,13-15,20-21,32H,2-3H2,(H,34,44)(H,35,45)(H2,24,25,27)(H,26,28,33)/t8?,9-,11-,13-,14-,15-,20-,21-,42?,43?/m1/s1. The quantitative estimate of drug-likeness (QED) is 0.147. The predicted octanol–water partition coefficient (Wildman–Crippen LogP) is 2.19. The summed E-state index contributed by atoms with van der Waals surface area (Å²) in [5.74, 6) is 0.0471. The second kappa shape index (κ2) is 11.5. The number of halogens is 2. The average molecular weight is 727 g/mol. The summed E-state index contributed by atoms with van der Waals surface area (Å²) in [6.07, 6.45) is -7.36. The van der Waals surface area contributed by atoms with Crippen molar-refractivity contribution in [2.24, 2.45) is 0 Å². The lowest BCUT2D eigenvalue weighted by Crippen LogP contribution is -2.35. The molecule has 0 saturated carbocycles. The van der Waals surface area contributed by atoms with E-state index >= 15 is 4.39 Å². The number of aromatic nitrogens is 7. The number of hydrogen-bond acceptors (Lipinski definition) is 15. The summed E-state index contributed by atoms with van der Waals surface area (Å²) in [4.78, 5) is 31.0. The van der Waals surface area contributed by atoms with E-state index in [9.17, 15) is 19.0 Å². The molecule has 4 N–H and O–H groups in total. The van der Waals surface area contributed by atoms with Crippen LogP contribution in [0.2, 0.25) is 5.02 Å². The topological polar surface area (TPSA) is 230 Å². The van der Waals surface area contributed by atoms with E-state index in [1.807, 2.05) is 0 Å². The average Bonchev–Trinajstić information content (AvgIpc) is 3.71. The lowest BCUT2D eigenvalue weighted by Gasteiger charge is -2.26. The van der Waals surface area contributed by atoms with Crippen LogP contribution in [0.5, 0.6) is 0 Å². The number of fused-ring (bicyclic) bond motifs is 5. The van der Waals surface area contributed by atoms with Crippen LogP contribution in [0.15, 0.2) is 30.0 Å². The summed E-state index contributed by atoms with van der Waals surface area (Å²) in [5.41, 5.74) is 5.67. The number of anilines is 1. The smallest absolute Gasteiger partial charge is 0.386 e. The highest BCUT2D eigenvalue weighted by Crippen LogP contribution is 2.60. The molecule has 3 saturated heterocycles. The number of nitrogen functional groups attached to an aromatic ring is 1. The number of alkyl halides is 1. The first kappa shape index (κ1) is 31.5. The van der Waals surface area contributed by atoms with Gasteiger partial charge in [-0.25, -0.2) is 33.5 Å². The maximum absolute atomic E-state index is 16.0. The SMILES string of the molecule is Nc1ncnc2c1ncn2[C@@H]1O[C@@H]2COP(=O)(S)O[C@@H]3[C@H](O)C(COP(=O)(S)O[C@H]2[C@H]1F)O[C@H]3n1cc(Cl)c2c(=O)[nH]cnc21. The first-order valence-electron chi connectivity index (χ1n) is 12.9. The lowest BCUT2D eigenvalue weighted by molar-refractivity contribution is -0.0566. The summed E-state index contributed by atoms with van der Waals surface area (Å²) >= 11 is 14.3. The second-order valence-corrected chi connectivity index (χ2v) is 16.3. The van der Waals surface area contributed by atoms with Crippen LogP contribution in [0.25, 0.3) is 22.2 Å². The van der Waals surface area contributed by atoms with Crippen molar-refractivity contribution < 1.29 is 46.2 Å². The molecule has 4 aromatic heterocycles. The summed E-state index contributed by atoms with van der Waals surface area (Å²) in [6.45, 7) is -10.1. The number of H-pyrrole nitrogens is 1. The molecule has 242 valence electrons. The third kappa shape index (κ3) is 5.62. The first-order chi connectivity index (χ1) is 21.3. The Kier molecular flexibility index (Phi) is 8.07. The molecule has 3 aliphatic heterocycles. The molecule has 7 heterocycles. The summed E-state index contributed by atoms with van der Waals surface area (Å²) in [5, 5.41) is 11.2. The van der Waals surface area contributed by atoms with E-state index < -0.39 is 81.5 Å². The molecule has 45 heavy (non-hydrogen) atoms. The Morgan fingerprint density at radius 2 is 1.69 bits per heavy atom. The molecule has 0 aromatic carbocycles. The Balaban J connectivity index is 1.21. The van der Waals surface area contributed by atoms with Gasteiger partial charge in [-0.05, 0) is 0 Å². The number of hydrogen-bond donors (Lipinski definition) is 5. The van der Waals surface area contributed by atoms with Gasteiger partial charge in [-0.2, -0.15) is 0 Å². The fourth-order valence-electron chi connectivity index (χ4n) is 5.37. The van der Waals surface area contributed by atoms with Crippen LogP contribution >= 0.6 is 49.7 Å². The van der Waals surface area contributed by atoms with E-state index in [0.29, 0.717) is 0 Å². The van der Waals surface area contributed by atoms with Crippen LogP contribution in [0.1, 0.15) is 12.5 Å². The highest BCUT2D eigenvalue weighted by Gasteiger charge is 2.54. The number of ether oxygens (including phenoxy) is 2. The molecule has 3 aliphatic rings. The maximum atomic E-state index is 16.0. The summed E-state index contributed by atoms with van der Waals surface area (Å²) in [6, 6.07) is 0. The molecular weight excluding hydrogens is 705 g/mol. The number of aliphatic hydroxyl groups excluding tert-OH is 1. The first-order valence-corrected chi connectivity index (χ1v) is 18.7. The van der Waals surface area contributed by atoms with Crippen molar-refractivity contribution >= 4 is 77.7 Å². The van der Waals surface area contributed by atoms with Gasteiger partial charge in [0.1, 0.15) is 47.8 Å². The van der Waals surface area contributed by atoms with E-state index in [2.05, 4.69) is 49.4 Å². The number of nitrogens with zero attached hydrogens (tertiary/aromatic N) is 6. The van der Waals surface area contributed by atoms with E-state index in [0.717, 1.165) is 12.7 Å². The van der Waals surface area contributed by atoms with Crippen LogP contribution in [-0.2, 0) is 36.7 Å². The molecule has 3 fully saturated rings. The van der Waals surface area contributed by atoms with Crippen molar-refractivity contribution in [2.75, 3.05) is 18.9 Å². The maximum Gasteiger partial charge on any atom is 0.386 e. The highest BCUT2D eigenvalue weighted by atomic mass is 35.5. The molecular formula is C21H22ClFN8O10P2S2. The van der Waals surface area contributed by atoms with Gasteiger partial charge in [0.05, 0.1) is 30.9 Å². The number of aromatic amines is 1. The van der Waals surface area contributed by atoms with Crippen molar-refractivity contribution in [3.8, 4) is 0 Å². The van der Waals surface area contributed by atoms with E-state index in [1.54, 1.807) is 0 Å². The van der Waals surface area contributed by atoms with Crippen LogP contribution in [-0.4, -0.2) is 89.1 Å². The van der Waals surface area contributed by atoms with Crippen molar-refractivity contribution in [3.05, 3.63) is 40.6 Å². The van der Waals surface area contributed by atoms with Gasteiger partial charge in [0.15, 0.2) is 35.7 Å². The van der Waals surface area contributed by atoms with Gasteiger partial charge in [-0.1, -0.05) is 36.1 Å². The van der Waals surface area contributed by atoms with Crippen molar-refractivity contribution in [2.45, 2.75) is 49.1 Å². The van der Waals surface area contributed by atoms with Gasteiger partial charge in [0.25, 0.3) is 5.56 Å². The molecule has 0 aliphatic carbocycles. The number of rotatable bonds is 2. The Hall–Kier alpha value is -2.13. The van der Waals surface area contributed by atoms with Gasteiger partial charge in [0, 0.05) is 6.20 Å². The van der Waals surface area contributed by atoms with Crippen LogP contribution in [0.3, 0.4) is 0 Å². The van der Waals surface area contributed by atoms with Crippen molar-refractivity contribution in [3.63, 3.8) is 0 Å². The van der Waals surface area contributed by atoms with Gasteiger partial charge in [0.2, 0.25) is 0 Å². The molecule has 0 radical (unpaired) electrons. The van der Waals surface area contributed by atoms with Crippen molar-refractivity contribution in [1.29, 1.82) is 0 Å². The second-order valence-electron chi connectivity index (χ2n) is 10.1. The Bertz CT molecular complexity index is 1950. The fraction of sp³-hybridized carbons (Fsp3) is 0.476. The zero-order valence-electron chi connectivity index (χ0n) is 22.3. The molecule has 4 aromatic rings. The molecule has 2 bridgehead atoms. The third-order valence-electron chi connectivity index (χ3n) is 7.40. The Morgan fingerprint density at radius 3 is 2.44 bits per heavy atom. The monoisotopic (exact) mass is 726 g/mol. The number of nitrogens with two attached hydrogens (primary N) is 1.